The second kappa shape index (κ2) is 11.9. The Morgan fingerprint density at radius 3 is 1.62 bits per heavy atom. The molecule has 2 unspecified atom stereocenters. The van der Waals surface area contributed by atoms with E-state index in [0.29, 0.717) is 44.9 Å². The van der Waals surface area contributed by atoms with Gasteiger partial charge in [0, 0.05) is 12.8 Å². The lowest BCUT2D eigenvalue weighted by Gasteiger charge is -2.63. The second-order valence-electron chi connectivity index (χ2n) is 14.3. The van der Waals surface area contributed by atoms with Gasteiger partial charge in [-0.15, -0.1) is 0 Å². The Bertz CT molecular complexity index is 879. The van der Waals surface area contributed by atoms with Crippen LogP contribution < -0.4 is 0 Å². The van der Waals surface area contributed by atoms with Gasteiger partial charge in [-0.3, -0.25) is 14.4 Å². The lowest BCUT2D eigenvalue weighted by molar-refractivity contribution is -0.245. The van der Waals surface area contributed by atoms with Gasteiger partial charge in [0.25, 0.3) is 0 Å². The maximum atomic E-state index is 13.8. The third-order valence-electron chi connectivity index (χ3n) is 10.7. The van der Waals surface area contributed by atoms with Crippen LogP contribution in [0, 0.1) is 22.2 Å². The van der Waals surface area contributed by atoms with Gasteiger partial charge in [-0.1, -0.05) is 45.4 Å². The number of esters is 3. The SMILES string of the molecule is CCC(C)(C)C(=O)OC12CC3CC(C(=O)OCOC4CCCCC4)(C1)CC(C(=O)OCOC1CCCCC1)(C3)C2. The minimum atomic E-state index is -0.894. The first-order valence-electron chi connectivity index (χ1n) is 15.9. The molecule has 0 aromatic rings. The van der Waals surface area contributed by atoms with Crippen LogP contribution >= 0.6 is 0 Å². The molecule has 6 fully saturated rings. The summed E-state index contributed by atoms with van der Waals surface area (Å²) in [6.07, 6.45) is 15.0. The summed E-state index contributed by atoms with van der Waals surface area (Å²) in [6.45, 7) is 5.60. The predicted octanol–water partition coefficient (Wildman–Crippen LogP) is 6.38. The lowest BCUT2D eigenvalue weighted by Crippen LogP contribution is -2.66. The number of hydrogen-bond donors (Lipinski definition) is 0. The summed E-state index contributed by atoms with van der Waals surface area (Å²) in [7, 11) is 0. The Balaban J connectivity index is 1.31. The molecule has 8 nitrogen and oxygen atoms in total. The van der Waals surface area contributed by atoms with Crippen LogP contribution in [0.5, 0.6) is 0 Å². The van der Waals surface area contributed by atoms with E-state index in [1.807, 2.05) is 20.8 Å². The van der Waals surface area contributed by atoms with Crippen molar-refractivity contribution < 1.29 is 38.1 Å². The summed E-state index contributed by atoms with van der Waals surface area (Å²) in [5, 5.41) is 0. The molecular weight excluding hydrogens is 512 g/mol. The molecule has 0 amide bonds. The van der Waals surface area contributed by atoms with Crippen molar-refractivity contribution >= 4 is 17.9 Å². The van der Waals surface area contributed by atoms with Crippen molar-refractivity contribution in [1.82, 2.24) is 0 Å². The van der Waals surface area contributed by atoms with Crippen LogP contribution in [0.1, 0.15) is 130 Å². The van der Waals surface area contributed by atoms with E-state index in [1.54, 1.807) is 0 Å². The maximum absolute atomic E-state index is 13.8. The van der Waals surface area contributed by atoms with E-state index in [4.69, 9.17) is 23.7 Å². The second-order valence-corrected chi connectivity index (χ2v) is 14.3. The summed E-state index contributed by atoms with van der Waals surface area (Å²) in [4.78, 5) is 40.9. The van der Waals surface area contributed by atoms with Crippen molar-refractivity contribution in [2.45, 2.75) is 148 Å². The van der Waals surface area contributed by atoms with Gasteiger partial charge in [-0.05, 0) is 77.6 Å². The van der Waals surface area contributed by atoms with Crippen molar-refractivity contribution in [3.05, 3.63) is 0 Å². The maximum Gasteiger partial charge on any atom is 0.314 e. The Morgan fingerprint density at radius 2 is 1.18 bits per heavy atom. The monoisotopic (exact) mass is 562 g/mol. The van der Waals surface area contributed by atoms with Crippen LogP contribution in [0.2, 0.25) is 0 Å². The largest absolute Gasteiger partial charge is 0.459 e. The minimum Gasteiger partial charge on any atom is -0.459 e. The van der Waals surface area contributed by atoms with Crippen LogP contribution in [-0.4, -0.2) is 49.3 Å². The highest BCUT2D eigenvalue weighted by molar-refractivity contribution is 5.84. The van der Waals surface area contributed by atoms with Gasteiger partial charge in [0.15, 0.2) is 13.6 Å². The van der Waals surface area contributed by atoms with Gasteiger partial charge in [-0.2, -0.15) is 0 Å². The number of carbonyl (C=O) groups is 3. The molecule has 0 spiro atoms. The number of hydrogen-bond acceptors (Lipinski definition) is 8. The van der Waals surface area contributed by atoms with Crippen LogP contribution in [0.3, 0.4) is 0 Å². The van der Waals surface area contributed by atoms with Gasteiger partial charge in [-0.25, -0.2) is 0 Å². The molecule has 0 aliphatic heterocycles. The smallest absolute Gasteiger partial charge is 0.314 e. The Morgan fingerprint density at radius 1 is 0.700 bits per heavy atom. The molecule has 2 atom stereocenters. The molecule has 0 N–H and O–H groups in total. The molecular formula is C32H50O8. The molecule has 6 saturated carbocycles. The van der Waals surface area contributed by atoms with Crippen molar-refractivity contribution in [2.24, 2.45) is 22.2 Å². The fraction of sp³-hybridized carbons (Fsp3) is 0.906. The molecule has 4 bridgehead atoms. The third kappa shape index (κ3) is 6.23. The van der Waals surface area contributed by atoms with Crippen LogP contribution in [-0.2, 0) is 38.1 Å². The highest BCUT2D eigenvalue weighted by Crippen LogP contribution is 2.68. The molecule has 0 radical (unpaired) electrons. The van der Waals surface area contributed by atoms with E-state index in [1.165, 1.54) is 12.8 Å². The molecule has 0 aromatic heterocycles. The van der Waals surface area contributed by atoms with Gasteiger partial charge in [0.1, 0.15) is 5.60 Å². The zero-order valence-electron chi connectivity index (χ0n) is 24.9. The van der Waals surface area contributed by atoms with E-state index < -0.39 is 21.8 Å². The van der Waals surface area contributed by atoms with Crippen LogP contribution in [0.4, 0.5) is 0 Å². The minimum absolute atomic E-state index is 0.0712. The summed E-state index contributed by atoms with van der Waals surface area (Å²) in [6, 6.07) is 0. The summed E-state index contributed by atoms with van der Waals surface area (Å²) < 4.78 is 29.7. The molecule has 6 aliphatic carbocycles. The Hall–Kier alpha value is -1.67. The molecule has 0 saturated heterocycles. The molecule has 6 rings (SSSR count). The zero-order chi connectivity index (χ0) is 28.4. The quantitative estimate of drug-likeness (QED) is 0.163. The highest BCUT2D eigenvalue weighted by Gasteiger charge is 2.70. The van der Waals surface area contributed by atoms with Crippen molar-refractivity contribution in [1.29, 1.82) is 0 Å². The summed E-state index contributed by atoms with van der Waals surface area (Å²) in [5.41, 5.74) is -3.31. The summed E-state index contributed by atoms with van der Waals surface area (Å²) in [5.74, 6) is -0.867. The number of rotatable bonds is 11. The molecule has 0 heterocycles. The van der Waals surface area contributed by atoms with Crippen molar-refractivity contribution in [2.75, 3.05) is 13.6 Å². The number of ether oxygens (including phenoxy) is 5. The Labute approximate surface area is 239 Å². The first-order chi connectivity index (χ1) is 19.1. The normalized spacial score (nSPS) is 34.4. The van der Waals surface area contributed by atoms with Crippen molar-refractivity contribution in [3.8, 4) is 0 Å². The van der Waals surface area contributed by atoms with Crippen LogP contribution in [0.15, 0.2) is 0 Å². The van der Waals surface area contributed by atoms with E-state index in [9.17, 15) is 14.4 Å². The third-order valence-corrected chi connectivity index (χ3v) is 10.7. The van der Waals surface area contributed by atoms with Gasteiger partial charge < -0.3 is 23.7 Å². The predicted molar refractivity (Wildman–Crippen MR) is 147 cm³/mol. The van der Waals surface area contributed by atoms with Gasteiger partial charge >= 0.3 is 17.9 Å². The molecule has 40 heavy (non-hydrogen) atoms. The topological polar surface area (TPSA) is 97.4 Å². The average Bonchev–Trinajstić information content (AvgIpc) is 2.93. The van der Waals surface area contributed by atoms with Crippen molar-refractivity contribution in [3.63, 3.8) is 0 Å². The molecule has 0 aromatic carbocycles. The van der Waals surface area contributed by atoms with E-state index >= 15 is 0 Å². The highest BCUT2D eigenvalue weighted by atomic mass is 16.7. The molecule has 226 valence electrons. The zero-order valence-corrected chi connectivity index (χ0v) is 24.9. The Kier molecular flexibility index (Phi) is 8.87. The molecule has 8 heteroatoms. The summed E-state index contributed by atoms with van der Waals surface area (Å²) >= 11 is 0. The fourth-order valence-corrected chi connectivity index (χ4v) is 8.54. The standard InChI is InChI=1S/C32H50O8/c1-4-29(2,3)26(33)40-32-17-23-15-30(19-32,27(34)38-21-36-24-11-7-5-8-12-24)18-31(16-23,20-32)28(35)39-22-37-25-13-9-6-10-14-25/h23-25H,4-22H2,1-3H3. The van der Waals surface area contributed by atoms with E-state index in [0.717, 1.165) is 51.4 Å². The van der Waals surface area contributed by atoms with Crippen LogP contribution in [0.25, 0.3) is 0 Å². The fourth-order valence-electron chi connectivity index (χ4n) is 8.54. The van der Waals surface area contributed by atoms with Gasteiger partial charge in [0.05, 0.1) is 28.5 Å². The van der Waals surface area contributed by atoms with E-state index in [-0.39, 0.29) is 49.6 Å². The lowest BCUT2D eigenvalue weighted by atomic mass is 9.42. The average molecular weight is 563 g/mol. The van der Waals surface area contributed by atoms with Gasteiger partial charge in [0.2, 0.25) is 0 Å². The van der Waals surface area contributed by atoms with E-state index in [2.05, 4.69) is 0 Å². The number of carbonyl (C=O) groups excluding carboxylic acids is 3. The molecule has 6 aliphatic rings. The first kappa shape index (κ1) is 29.8. The first-order valence-corrected chi connectivity index (χ1v) is 15.9.